The van der Waals surface area contributed by atoms with Crippen LogP contribution in [-0.2, 0) is 11.2 Å². The van der Waals surface area contributed by atoms with E-state index in [1.165, 1.54) is 6.07 Å². The molecule has 0 amide bonds. The van der Waals surface area contributed by atoms with E-state index in [1.807, 2.05) is 0 Å². The molecule has 0 saturated carbocycles. The summed E-state index contributed by atoms with van der Waals surface area (Å²) in [7, 11) is 0. The molecule has 0 aliphatic heterocycles. The Morgan fingerprint density at radius 3 is 2.67 bits per heavy atom. The maximum Gasteiger partial charge on any atom is 0.135 e. The number of hydrogen-bond donors (Lipinski definition) is 1. The van der Waals surface area contributed by atoms with Gasteiger partial charge in [-0.15, -0.1) is 0 Å². The third-order valence-electron chi connectivity index (χ3n) is 1.95. The van der Waals surface area contributed by atoms with E-state index in [9.17, 15) is 9.90 Å². The highest BCUT2D eigenvalue weighted by Crippen LogP contribution is 2.34. The molecule has 0 radical (unpaired) electrons. The number of hydrogen-bond acceptors (Lipinski definition) is 2. The van der Waals surface area contributed by atoms with Gasteiger partial charge in [-0.05, 0) is 18.1 Å². The number of benzene rings is 1. The number of allylic oxidation sites excluding steroid dienone is 1. The Hall–Kier alpha value is -0.990. The van der Waals surface area contributed by atoms with Crippen molar-refractivity contribution < 1.29 is 9.90 Å². The number of carbonyl (C=O) groups is 1. The molecule has 4 heteroatoms. The summed E-state index contributed by atoms with van der Waals surface area (Å²) in [6, 6.07) is 3.14. The zero-order valence-corrected chi connectivity index (χ0v) is 9.48. The maximum absolute atomic E-state index is 10.3. The minimum absolute atomic E-state index is 0.0496. The first-order chi connectivity index (χ1) is 7.06. The van der Waals surface area contributed by atoms with Crippen molar-refractivity contribution in [2.45, 2.75) is 12.8 Å². The van der Waals surface area contributed by atoms with Gasteiger partial charge in [-0.1, -0.05) is 41.4 Å². The second-order valence-corrected chi connectivity index (χ2v) is 3.93. The minimum Gasteiger partial charge on any atom is -0.506 e. The normalized spacial score (nSPS) is 10.0. The van der Waals surface area contributed by atoms with Crippen LogP contribution in [0.25, 0.3) is 0 Å². The Balaban J connectivity index is 2.91. The fraction of sp³-hybridized carbons (Fsp3) is 0.182. The van der Waals surface area contributed by atoms with Crippen LogP contribution in [0.1, 0.15) is 12.0 Å². The van der Waals surface area contributed by atoms with E-state index in [0.717, 1.165) is 17.4 Å². The zero-order valence-electron chi connectivity index (χ0n) is 7.96. The molecule has 80 valence electrons. The number of carbonyl (C=O) groups excluding carboxylic acids is 1. The van der Waals surface area contributed by atoms with Crippen molar-refractivity contribution in [3.63, 3.8) is 0 Å². The largest absolute Gasteiger partial charge is 0.506 e. The first kappa shape index (κ1) is 12.1. The molecule has 0 fully saturated rings. The van der Waals surface area contributed by atoms with E-state index in [-0.39, 0.29) is 10.8 Å². The average molecular weight is 245 g/mol. The van der Waals surface area contributed by atoms with Gasteiger partial charge in [0, 0.05) is 6.42 Å². The second kappa shape index (κ2) is 5.19. The molecule has 15 heavy (non-hydrogen) atoms. The lowest BCUT2D eigenvalue weighted by molar-refractivity contribution is -0.107. The van der Waals surface area contributed by atoms with Gasteiger partial charge in [0.25, 0.3) is 0 Å². The van der Waals surface area contributed by atoms with E-state index in [2.05, 4.69) is 6.58 Å². The molecule has 1 aromatic carbocycles. The molecule has 2 nitrogen and oxygen atoms in total. The molecule has 0 heterocycles. The Bertz CT molecular complexity index is 400. The third-order valence-corrected chi connectivity index (χ3v) is 2.87. The molecule has 0 bridgehead atoms. The van der Waals surface area contributed by atoms with Crippen molar-refractivity contribution in [1.29, 1.82) is 0 Å². The lowest BCUT2D eigenvalue weighted by Gasteiger charge is -2.07. The minimum atomic E-state index is -0.0496. The van der Waals surface area contributed by atoms with E-state index in [0.29, 0.717) is 17.9 Å². The number of halogens is 2. The van der Waals surface area contributed by atoms with Crippen LogP contribution < -0.4 is 0 Å². The van der Waals surface area contributed by atoms with Crippen molar-refractivity contribution in [2.75, 3.05) is 0 Å². The molecule has 1 rings (SSSR count). The summed E-state index contributed by atoms with van der Waals surface area (Å²) in [6.07, 6.45) is 1.57. The Morgan fingerprint density at radius 1 is 1.40 bits per heavy atom. The van der Waals surface area contributed by atoms with Crippen LogP contribution in [0.4, 0.5) is 0 Å². The van der Waals surface area contributed by atoms with E-state index < -0.39 is 0 Å². The molecule has 1 N–H and O–H groups in total. The van der Waals surface area contributed by atoms with Crippen molar-refractivity contribution in [3.8, 4) is 5.75 Å². The number of aromatic hydroxyl groups is 1. The molecule has 0 saturated heterocycles. The first-order valence-electron chi connectivity index (χ1n) is 4.32. The summed E-state index contributed by atoms with van der Waals surface area (Å²) < 4.78 is 0. The third kappa shape index (κ3) is 2.98. The monoisotopic (exact) mass is 244 g/mol. The van der Waals surface area contributed by atoms with E-state index >= 15 is 0 Å². The highest BCUT2D eigenvalue weighted by Gasteiger charge is 2.09. The van der Waals surface area contributed by atoms with Crippen molar-refractivity contribution in [2.24, 2.45) is 0 Å². The first-order valence-corrected chi connectivity index (χ1v) is 5.08. The molecule has 0 aliphatic rings. The van der Waals surface area contributed by atoms with Crippen LogP contribution >= 0.6 is 23.2 Å². The summed E-state index contributed by atoms with van der Waals surface area (Å²) in [4.78, 5) is 10.3. The molecule has 0 unspecified atom stereocenters. The quantitative estimate of drug-likeness (QED) is 0.652. The van der Waals surface area contributed by atoms with Crippen LogP contribution in [0.3, 0.4) is 0 Å². The topological polar surface area (TPSA) is 37.3 Å². The zero-order chi connectivity index (χ0) is 11.4. The van der Waals surface area contributed by atoms with Gasteiger partial charge in [0.15, 0.2) is 0 Å². The van der Waals surface area contributed by atoms with Gasteiger partial charge >= 0.3 is 0 Å². The molecule has 0 aromatic heterocycles. The van der Waals surface area contributed by atoms with E-state index in [4.69, 9.17) is 23.2 Å². The lowest BCUT2D eigenvalue weighted by atomic mass is 10.0. The van der Waals surface area contributed by atoms with Gasteiger partial charge in [-0.3, -0.25) is 0 Å². The van der Waals surface area contributed by atoms with Gasteiger partial charge < -0.3 is 9.90 Å². The highest BCUT2D eigenvalue weighted by atomic mass is 35.5. The SMILES string of the molecule is C=C(CC=O)Cc1ccc(O)c(Cl)c1Cl. The fourth-order valence-corrected chi connectivity index (χ4v) is 1.59. The fourth-order valence-electron chi connectivity index (χ4n) is 1.18. The Kier molecular flexibility index (Phi) is 4.18. The van der Waals surface area contributed by atoms with Gasteiger partial charge in [-0.2, -0.15) is 0 Å². The van der Waals surface area contributed by atoms with Crippen molar-refractivity contribution >= 4 is 29.5 Å². The van der Waals surface area contributed by atoms with Crippen LogP contribution in [-0.4, -0.2) is 11.4 Å². The van der Waals surface area contributed by atoms with Crippen LogP contribution in [0.15, 0.2) is 24.3 Å². The van der Waals surface area contributed by atoms with Gasteiger partial charge in [0.2, 0.25) is 0 Å². The number of phenols is 1. The smallest absolute Gasteiger partial charge is 0.135 e. The summed E-state index contributed by atoms with van der Waals surface area (Å²) in [5, 5.41) is 9.71. The summed E-state index contributed by atoms with van der Waals surface area (Å²) in [5.74, 6) is -0.0496. The molecular weight excluding hydrogens is 235 g/mol. The van der Waals surface area contributed by atoms with Crippen molar-refractivity contribution in [3.05, 3.63) is 39.9 Å². The predicted molar refractivity (Wildman–Crippen MR) is 61.7 cm³/mol. The maximum atomic E-state index is 10.3. The van der Waals surface area contributed by atoms with Crippen LogP contribution in [0.5, 0.6) is 5.75 Å². The molecule has 0 spiro atoms. The number of aldehydes is 1. The predicted octanol–water partition coefficient (Wildman–Crippen LogP) is 3.39. The van der Waals surface area contributed by atoms with Gasteiger partial charge in [0.05, 0.1) is 5.02 Å². The Labute approximate surface area is 98.1 Å². The molecule has 0 atom stereocenters. The number of rotatable bonds is 4. The van der Waals surface area contributed by atoms with Gasteiger partial charge in [0.1, 0.15) is 17.1 Å². The van der Waals surface area contributed by atoms with E-state index in [1.54, 1.807) is 6.07 Å². The van der Waals surface area contributed by atoms with Crippen LogP contribution in [0.2, 0.25) is 10.0 Å². The van der Waals surface area contributed by atoms with Crippen molar-refractivity contribution in [1.82, 2.24) is 0 Å². The second-order valence-electron chi connectivity index (χ2n) is 3.17. The summed E-state index contributed by atoms with van der Waals surface area (Å²) in [6.45, 7) is 3.74. The highest BCUT2D eigenvalue weighted by molar-refractivity contribution is 6.43. The van der Waals surface area contributed by atoms with Gasteiger partial charge in [-0.25, -0.2) is 0 Å². The number of phenolic OH excluding ortho intramolecular Hbond substituents is 1. The molecule has 0 aliphatic carbocycles. The van der Waals surface area contributed by atoms with Crippen LogP contribution in [0, 0.1) is 0 Å². The summed E-state index contributed by atoms with van der Waals surface area (Å²) in [5.41, 5.74) is 1.51. The molecular formula is C11H10Cl2O2. The summed E-state index contributed by atoms with van der Waals surface area (Å²) >= 11 is 11.7. The Morgan fingerprint density at radius 2 is 2.07 bits per heavy atom. The standard InChI is InChI=1S/C11H10Cl2O2/c1-7(4-5-14)6-8-2-3-9(15)11(13)10(8)12/h2-3,5,15H,1,4,6H2. The lowest BCUT2D eigenvalue weighted by Crippen LogP contribution is -1.92. The average Bonchev–Trinajstić information content (AvgIpc) is 2.20. The molecule has 1 aromatic rings.